The van der Waals surface area contributed by atoms with Crippen molar-refractivity contribution in [1.82, 2.24) is 14.5 Å². The molecule has 0 unspecified atom stereocenters. The molecule has 0 atom stereocenters. The summed E-state index contributed by atoms with van der Waals surface area (Å²) in [6.45, 7) is 0.437. The number of ether oxygens (including phenoxy) is 1. The molecule has 0 saturated heterocycles. The van der Waals surface area contributed by atoms with E-state index in [2.05, 4.69) is 9.97 Å². The molecule has 36 heavy (non-hydrogen) atoms. The summed E-state index contributed by atoms with van der Waals surface area (Å²) in [5.41, 5.74) is 2.78. The number of aromatic amines is 1. The number of benzene rings is 4. The highest BCUT2D eigenvalue weighted by Gasteiger charge is 2.14. The third-order valence-corrected chi connectivity index (χ3v) is 6.22. The summed E-state index contributed by atoms with van der Waals surface area (Å²) in [7, 11) is 0. The van der Waals surface area contributed by atoms with Gasteiger partial charge in [0.1, 0.15) is 12.4 Å². The van der Waals surface area contributed by atoms with Gasteiger partial charge in [0, 0.05) is 22.5 Å². The number of nitrogens with one attached hydrogen (secondary N) is 1. The minimum absolute atomic E-state index is 0.396. The van der Waals surface area contributed by atoms with Crippen LogP contribution in [0.25, 0.3) is 38.5 Å². The Morgan fingerprint density at radius 1 is 0.778 bits per heavy atom. The number of aromatic nitrogens is 3. The van der Waals surface area contributed by atoms with Gasteiger partial charge in [-0.3, -0.25) is 9.78 Å². The number of fused-ring (bicyclic) bond motifs is 2. The second-order valence-electron chi connectivity index (χ2n) is 8.48. The maximum Gasteiger partial charge on any atom is 0.333 e. The zero-order valence-corrected chi connectivity index (χ0v) is 19.2. The molecule has 1 N–H and O–H groups in total. The van der Waals surface area contributed by atoms with Crippen LogP contribution >= 0.6 is 0 Å². The van der Waals surface area contributed by atoms with Crippen LogP contribution < -0.4 is 16.0 Å². The normalized spacial score (nSPS) is 11.1. The lowest BCUT2D eigenvalue weighted by molar-refractivity contribution is 0.307. The molecule has 0 aliphatic rings. The van der Waals surface area contributed by atoms with Crippen molar-refractivity contribution in [3.8, 4) is 22.6 Å². The molecule has 0 spiro atoms. The molecule has 0 saturated carbocycles. The van der Waals surface area contributed by atoms with Gasteiger partial charge in [-0.1, -0.05) is 78.9 Å². The first-order valence-corrected chi connectivity index (χ1v) is 11.6. The minimum Gasteiger partial charge on any atom is -0.488 e. The summed E-state index contributed by atoms with van der Waals surface area (Å²) in [4.78, 5) is 33.7. The first-order chi connectivity index (χ1) is 17.7. The van der Waals surface area contributed by atoms with E-state index in [-0.39, 0.29) is 0 Å². The smallest absolute Gasteiger partial charge is 0.333 e. The van der Waals surface area contributed by atoms with E-state index >= 15 is 0 Å². The molecule has 174 valence electrons. The lowest BCUT2D eigenvalue weighted by Gasteiger charge is -2.13. The molecule has 0 radical (unpaired) electrons. The fourth-order valence-electron chi connectivity index (χ4n) is 4.45. The lowest BCUT2D eigenvalue weighted by atomic mass is 10.0. The molecule has 2 heterocycles. The molecule has 0 aliphatic heterocycles. The standard InChI is InChI=1S/C30H21N3O3/c34-29-25-15-14-21(24-12-6-7-13-28(24)36-19-20-8-2-1-3-9-20)16-26(25)32-30(35)33(29)27-18-31-17-22-10-4-5-11-23(22)27/h1-18H,19H2,(H,32,35). The second kappa shape index (κ2) is 9.00. The van der Waals surface area contributed by atoms with E-state index in [0.29, 0.717) is 23.2 Å². The van der Waals surface area contributed by atoms with Gasteiger partial charge in [-0.25, -0.2) is 9.36 Å². The number of hydrogen-bond acceptors (Lipinski definition) is 4. The highest BCUT2D eigenvalue weighted by atomic mass is 16.5. The Morgan fingerprint density at radius 2 is 1.56 bits per heavy atom. The fourth-order valence-corrected chi connectivity index (χ4v) is 4.45. The van der Waals surface area contributed by atoms with Gasteiger partial charge in [-0.2, -0.15) is 0 Å². The number of nitrogens with zero attached hydrogens (tertiary/aromatic N) is 2. The molecule has 6 nitrogen and oxygen atoms in total. The Balaban J connectivity index is 1.43. The van der Waals surface area contributed by atoms with Crippen LogP contribution in [-0.4, -0.2) is 14.5 Å². The SMILES string of the molecule is O=c1[nH]c2cc(-c3ccccc3OCc3ccccc3)ccc2c(=O)n1-c1cncc2ccccc12. The van der Waals surface area contributed by atoms with Crippen LogP contribution in [0.1, 0.15) is 5.56 Å². The van der Waals surface area contributed by atoms with Gasteiger partial charge in [-0.15, -0.1) is 0 Å². The molecule has 6 aromatic rings. The van der Waals surface area contributed by atoms with Crippen molar-refractivity contribution in [2.24, 2.45) is 0 Å². The van der Waals surface area contributed by atoms with Crippen molar-refractivity contribution >= 4 is 21.7 Å². The Labute approximate surface area is 206 Å². The van der Waals surface area contributed by atoms with Gasteiger partial charge < -0.3 is 9.72 Å². The van der Waals surface area contributed by atoms with Crippen molar-refractivity contribution in [2.75, 3.05) is 0 Å². The van der Waals surface area contributed by atoms with E-state index in [1.807, 2.05) is 91.0 Å². The lowest BCUT2D eigenvalue weighted by Crippen LogP contribution is -2.33. The van der Waals surface area contributed by atoms with Gasteiger partial charge in [0.2, 0.25) is 0 Å². The monoisotopic (exact) mass is 471 g/mol. The minimum atomic E-state index is -0.517. The molecule has 4 aromatic carbocycles. The van der Waals surface area contributed by atoms with Crippen molar-refractivity contribution < 1.29 is 4.74 Å². The Hall–Kier alpha value is -4.97. The summed E-state index contributed by atoms with van der Waals surface area (Å²) in [5.74, 6) is 0.721. The highest BCUT2D eigenvalue weighted by Crippen LogP contribution is 2.31. The number of H-pyrrole nitrogens is 1. The Morgan fingerprint density at radius 3 is 2.44 bits per heavy atom. The molecule has 0 amide bonds. The van der Waals surface area contributed by atoms with Crippen LogP contribution in [-0.2, 0) is 6.61 Å². The Kier molecular flexibility index (Phi) is 5.39. The van der Waals surface area contributed by atoms with Gasteiger partial charge in [0.05, 0.1) is 22.8 Å². The van der Waals surface area contributed by atoms with Crippen LogP contribution in [0.15, 0.2) is 119 Å². The first-order valence-electron chi connectivity index (χ1n) is 11.6. The largest absolute Gasteiger partial charge is 0.488 e. The molecular formula is C30H21N3O3. The zero-order valence-electron chi connectivity index (χ0n) is 19.2. The molecule has 6 heteroatoms. The van der Waals surface area contributed by atoms with E-state index < -0.39 is 11.2 Å². The average Bonchev–Trinajstić information content (AvgIpc) is 2.92. The van der Waals surface area contributed by atoms with Crippen LogP contribution in [0.3, 0.4) is 0 Å². The first kappa shape index (κ1) is 21.6. The second-order valence-corrected chi connectivity index (χ2v) is 8.48. The van der Waals surface area contributed by atoms with Crippen LogP contribution in [0.5, 0.6) is 5.75 Å². The van der Waals surface area contributed by atoms with Gasteiger partial charge in [0.15, 0.2) is 0 Å². The Bertz CT molecular complexity index is 1830. The molecule has 2 aromatic heterocycles. The van der Waals surface area contributed by atoms with Crippen molar-refractivity contribution in [2.45, 2.75) is 6.61 Å². The number of pyridine rings is 1. The molecule has 0 aliphatic carbocycles. The summed E-state index contributed by atoms with van der Waals surface area (Å²) in [6, 6.07) is 30.6. The summed E-state index contributed by atoms with van der Waals surface area (Å²) in [6.07, 6.45) is 3.25. The van der Waals surface area contributed by atoms with Gasteiger partial charge in [0.25, 0.3) is 5.56 Å². The van der Waals surface area contributed by atoms with E-state index in [0.717, 1.165) is 37.8 Å². The predicted molar refractivity (Wildman–Crippen MR) is 142 cm³/mol. The summed E-state index contributed by atoms with van der Waals surface area (Å²) >= 11 is 0. The molecular weight excluding hydrogens is 450 g/mol. The van der Waals surface area contributed by atoms with Crippen LogP contribution in [0.2, 0.25) is 0 Å². The van der Waals surface area contributed by atoms with Crippen molar-refractivity contribution in [1.29, 1.82) is 0 Å². The number of hydrogen-bond donors (Lipinski definition) is 1. The highest BCUT2D eigenvalue weighted by molar-refractivity contribution is 5.90. The average molecular weight is 472 g/mol. The fraction of sp³-hybridized carbons (Fsp3) is 0.0333. The predicted octanol–water partition coefficient (Wildman–Crippen LogP) is 5.47. The van der Waals surface area contributed by atoms with E-state index in [1.165, 1.54) is 0 Å². The summed E-state index contributed by atoms with van der Waals surface area (Å²) in [5, 5.41) is 2.04. The zero-order chi connectivity index (χ0) is 24.5. The van der Waals surface area contributed by atoms with Crippen LogP contribution in [0.4, 0.5) is 0 Å². The van der Waals surface area contributed by atoms with E-state index in [4.69, 9.17) is 4.74 Å². The van der Waals surface area contributed by atoms with E-state index in [1.54, 1.807) is 18.5 Å². The molecule has 0 fully saturated rings. The topological polar surface area (TPSA) is 77.0 Å². The maximum absolute atomic E-state index is 13.5. The van der Waals surface area contributed by atoms with Gasteiger partial charge in [-0.05, 0) is 29.3 Å². The van der Waals surface area contributed by atoms with E-state index in [9.17, 15) is 9.59 Å². The molecule has 0 bridgehead atoms. The quantitative estimate of drug-likeness (QED) is 0.362. The summed E-state index contributed by atoms with van der Waals surface area (Å²) < 4.78 is 7.26. The van der Waals surface area contributed by atoms with Crippen molar-refractivity contribution in [3.05, 3.63) is 136 Å². The van der Waals surface area contributed by atoms with Crippen LogP contribution in [0, 0.1) is 0 Å². The maximum atomic E-state index is 13.5. The third-order valence-electron chi connectivity index (χ3n) is 6.22. The number of para-hydroxylation sites is 1. The van der Waals surface area contributed by atoms with Gasteiger partial charge >= 0.3 is 5.69 Å². The number of rotatable bonds is 5. The van der Waals surface area contributed by atoms with Crippen molar-refractivity contribution in [3.63, 3.8) is 0 Å². The third kappa shape index (κ3) is 3.84. The molecule has 6 rings (SSSR count).